The Morgan fingerprint density at radius 2 is 2.11 bits per heavy atom. The first kappa shape index (κ1) is 13.1. The van der Waals surface area contributed by atoms with Crippen molar-refractivity contribution in [1.29, 1.82) is 0 Å². The predicted molar refractivity (Wildman–Crippen MR) is 69.8 cm³/mol. The van der Waals surface area contributed by atoms with Gasteiger partial charge in [-0.3, -0.25) is 9.48 Å². The highest BCUT2D eigenvalue weighted by molar-refractivity contribution is 5.85. The van der Waals surface area contributed by atoms with Gasteiger partial charge >= 0.3 is 0 Å². The number of rotatable bonds is 3. The number of nitrogens with zero attached hydrogens (tertiary/aromatic N) is 3. The lowest BCUT2D eigenvalue weighted by molar-refractivity contribution is -0.137. The van der Waals surface area contributed by atoms with E-state index in [1.165, 1.54) is 0 Å². The highest BCUT2D eigenvalue weighted by atomic mass is 16.2. The van der Waals surface area contributed by atoms with Crippen molar-refractivity contribution in [2.75, 3.05) is 13.1 Å². The zero-order valence-electron chi connectivity index (χ0n) is 11.2. The van der Waals surface area contributed by atoms with Crippen LogP contribution in [-0.2, 0) is 11.3 Å². The number of nitrogens with two attached hydrogens (primary N) is 1. The van der Waals surface area contributed by atoms with Crippen LogP contribution in [0.2, 0.25) is 0 Å². The van der Waals surface area contributed by atoms with Crippen molar-refractivity contribution < 1.29 is 4.79 Å². The minimum atomic E-state index is -0.755. The van der Waals surface area contributed by atoms with Gasteiger partial charge in [-0.15, -0.1) is 0 Å². The molecule has 0 aliphatic carbocycles. The van der Waals surface area contributed by atoms with Crippen LogP contribution >= 0.6 is 0 Å². The first-order valence-electron chi connectivity index (χ1n) is 6.52. The van der Waals surface area contributed by atoms with Crippen molar-refractivity contribution in [3.8, 4) is 0 Å². The Bertz CT molecular complexity index is 386. The van der Waals surface area contributed by atoms with Gasteiger partial charge in [0.2, 0.25) is 5.91 Å². The molecule has 2 rings (SSSR count). The third-order valence-corrected chi connectivity index (χ3v) is 3.46. The Morgan fingerprint density at radius 3 is 2.61 bits per heavy atom. The van der Waals surface area contributed by atoms with Crippen molar-refractivity contribution in [2.24, 2.45) is 11.7 Å². The smallest absolute Gasteiger partial charge is 0.242 e. The van der Waals surface area contributed by atoms with Crippen molar-refractivity contribution in [3.63, 3.8) is 0 Å². The minimum Gasteiger partial charge on any atom is -0.341 e. The molecule has 0 radical (unpaired) electrons. The molecule has 5 heteroatoms. The zero-order chi connectivity index (χ0) is 13.2. The van der Waals surface area contributed by atoms with Crippen molar-refractivity contribution >= 4 is 5.91 Å². The van der Waals surface area contributed by atoms with E-state index in [0.717, 1.165) is 32.5 Å². The second kappa shape index (κ2) is 5.10. The summed E-state index contributed by atoms with van der Waals surface area (Å²) in [4.78, 5) is 13.9. The van der Waals surface area contributed by atoms with Crippen LogP contribution in [-0.4, -0.2) is 39.2 Å². The molecule has 5 nitrogen and oxygen atoms in total. The molecule has 1 aromatic rings. The van der Waals surface area contributed by atoms with Gasteiger partial charge in [0.15, 0.2) is 0 Å². The van der Waals surface area contributed by atoms with Crippen LogP contribution in [0.1, 0.15) is 26.7 Å². The molecule has 2 heterocycles. The summed E-state index contributed by atoms with van der Waals surface area (Å²) in [7, 11) is 0. The summed E-state index contributed by atoms with van der Waals surface area (Å²) >= 11 is 0. The lowest BCUT2D eigenvalue weighted by atomic mass is 9.95. The molecular weight excluding hydrogens is 228 g/mol. The maximum absolute atomic E-state index is 12.0. The van der Waals surface area contributed by atoms with Gasteiger partial charge in [0.25, 0.3) is 0 Å². The zero-order valence-corrected chi connectivity index (χ0v) is 11.2. The Hall–Kier alpha value is -1.36. The number of amides is 1. The molecule has 1 amide bonds. The second-order valence-corrected chi connectivity index (χ2v) is 5.69. The Kier molecular flexibility index (Phi) is 3.71. The molecule has 1 aromatic heterocycles. The number of hydrogen-bond acceptors (Lipinski definition) is 3. The lowest BCUT2D eigenvalue weighted by Crippen LogP contribution is -2.53. The highest BCUT2D eigenvalue weighted by Gasteiger charge is 2.30. The Morgan fingerprint density at radius 1 is 1.44 bits per heavy atom. The third-order valence-electron chi connectivity index (χ3n) is 3.46. The first-order chi connectivity index (χ1) is 8.47. The maximum atomic E-state index is 12.0. The summed E-state index contributed by atoms with van der Waals surface area (Å²) < 4.78 is 1.97. The van der Waals surface area contributed by atoms with E-state index in [2.05, 4.69) is 5.10 Å². The average molecular weight is 250 g/mol. The fourth-order valence-electron chi connectivity index (χ4n) is 2.40. The van der Waals surface area contributed by atoms with E-state index in [9.17, 15) is 4.79 Å². The number of aromatic nitrogens is 2. The number of piperidine rings is 1. The Balaban J connectivity index is 1.83. The van der Waals surface area contributed by atoms with Crippen LogP contribution in [0, 0.1) is 5.92 Å². The summed E-state index contributed by atoms with van der Waals surface area (Å²) in [5.74, 6) is 0.662. The SMILES string of the molecule is CC(C)(N)C(=O)N1CCC(Cn2cccn2)CC1. The maximum Gasteiger partial charge on any atom is 0.242 e. The minimum absolute atomic E-state index is 0.0556. The van der Waals surface area contributed by atoms with Crippen molar-refractivity contribution in [3.05, 3.63) is 18.5 Å². The van der Waals surface area contributed by atoms with Crippen molar-refractivity contribution in [2.45, 2.75) is 38.8 Å². The molecule has 0 spiro atoms. The van der Waals surface area contributed by atoms with Crippen LogP contribution in [0.25, 0.3) is 0 Å². The fraction of sp³-hybridized carbons (Fsp3) is 0.692. The highest BCUT2D eigenvalue weighted by Crippen LogP contribution is 2.20. The largest absolute Gasteiger partial charge is 0.341 e. The standard InChI is InChI=1S/C13H22N4O/c1-13(2,14)12(18)16-8-4-11(5-9-16)10-17-7-3-6-15-17/h3,6-7,11H,4-5,8-10,14H2,1-2H3. The lowest BCUT2D eigenvalue weighted by Gasteiger charge is -2.35. The Labute approximate surface area is 108 Å². The quantitative estimate of drug-likeness (QED) is 0.865. The molecule has 0 aromatic carbocycles. The second-order valence-electron chi connectivity index (χ2n) is 5.69. The predicted octanol–water partition coefficient (Wildman–Crippen LogP) is 0.859. The summed E-state index contributed by atoms with van der Waals surface area (Å²) in [6.45, 7) is 6.11. The van der Waals surface area contributed by atoms with Gasteiger partial charge in [0.1, 0.15) is 0 Å². The van der Waals surface area contributed by atoms with Gasteiger partial charge < -0.3 is 10.6 Å². The van der Waals surface area contributed by atoms with E-state index in [0.29, 0.717) is 5.92 Å². The molecular formula is C13H22N4O. The molecule has 0 atom stereocenters. The van der Waals surface area contributed by atoms with Crippen LogP contribution in [0.4, 0.5) is 0 Å². The van der Waals surface area contributed by atoms with Gasteiger partial charge in [0.05, 0.1) is 5.54 Å². The van der Waals surface area contributed by atoms with Gasteiger partial charge in [-0.05, 0) is 38.7 Å². The number of carbonyl (C=O) groups excluding carboxylic acids is 1. The summed E-state index contributed by atoms with van der Waals surface area (Å²) in [5, 5.41) is 4.22. The topological polar surface area (TPSA) is 64.2 Å². The van der Waals surface area contributed by atoms with Crippen LogP contribution < -0.4 is 5.73 Å². The molecule has 1 saturated heterocycles. The summed E-state index contributed by atoms with van der Waals surface area (Å²) in [6, 6.07) is 1.94. The van der Waals surface area contributed by atoms with E-state index in [1.54, 1.807) is 20.0 Å². The third kappa shape index (κ3) is 3.10. The van der Waals surface area contributed by atoms with E-state index in [-0.39, 0.29) is 5.91 Å². The summed E-state index contributed by atoms with van der Waals surface area (Å²) in [5.41, 5.74) is 5.09. The van der Waals surface area contributed by atoms with Gasteiger partial charge in [-0.1, -0.05) is 0 Å². The van der Waals surface area contributed by atoms with E-state index < -0.39 is 5.54 Å². The molecule has 0 bridgehead atoms. The first-order valence-corrected chi connectivity index (χ1v) is 6.52. The monoisotopic (exact) mass is 250 g/mol. The van der Waals surface area contributed by atoms with Gasteiger partial charge in [-0.25, -0.2) is 0 Å². The molecule has 1 aliphatic rings. The van der Waals surface area contributed by atoms with Crippen LogP contribution in [0.5, 0.6) is 0 Å². The number of hydrogen-bond donors (Lipinski definition) is 1. The van der Waals surface area contributed by atoms with E-state index in [1.807, 2.05) is 21.8 Å². The normalized spacial score (nSPS) is 18.1. The molecule has 0 saturated carbocycles. The molecule has 1 fully saturated rings. The average Bonchev–Trinajstić information content (AvgIpc) is 2.81. The number of likely N-dealkylation sites (tertiary alicyclic amines) is 1. The number of carbonyl (C=O) groups is 1. The molecule has 100 valence electrons. The summed E-state index contributed by atoms with van der Waals surface area (Å²) in [6.07, 6.45) is 5.85. The van der Waals surface area contributed by atoms with E-state index in [4.69, 9.17) is 5.73 Å². The van der Waals surface area contributed by atoms with Crippen LogP contribution in [0.3, 0.4) is 0 Å². The van der Waals surface area contributed by atoms with Gasteiger partial charge in [0, 0.05) is 32.0 Å². The van der Waals surface area contributed by atoms with Gasteiger partial charge in [-0.2, -0.15) is 5.10 Å². The molecule has 1 aliphatic heterocycles. The van der Waals surface area contributed by atoms with Crippen molar-refractivity contribution in [1.82, 2.24) is 14.7 Å². The molecule has 18 heavy (non-hydrogen) atoms. The van der Waals surface area contributed by atoms with E-state index >= 15 is 0 Å². The fourth-order valence-corrected chi connectivity index (χ4v) is 2.40. The molecule has 0 unspecified atom stereocenters. The molecule has 2 N–H and O–H groups in total. The van der Waals surface area contributed by atoms with Crippen LogP contribution in [0.15, 0.2) is 18.5 Å².